The number of nitrogens with zero attached hydrogens (tertiary/aromatic N) is 1. The van der Waals surface area contributed by atoms with E-state index in [2.05, 4.69) is 16.7 Å². The van der Waals surface area contributed by atoms with Crippen molar-refractivity contribution in [2.45, 2.75) is 66.2 Å². The third-order valence-electron chi connectivity index (χ3n) is 5.19. The zero-order valence-corrected chi connectivity index (χ0v) is 21.9. The van der Waals surface area contributed by atoms with Crippen molar-refractivity contribution in [3.8, 4) is 12.5 Å². The van der Waals surface area contributed by atoms with Gasteiger partial charge in [0.2, 0.25) is 0 Å². The van der Waals surface area contributed by atoms with Crippen molar-refractivity contribution in [1.82, 2.24) is 10.2 Å². The summed E-state index contributed by atoms with van der Waals surface area (Å²) in [6, 6.07) is 10.9. The average molecular weight is 498 g/mol. The van der Waals surface area contributed by atoms with Gasteiger partial charge in [-0.2, -0.15) is 0 Å². The van der Waals surface area contributed by atoms with Crippen LogP contribution in [0.15, 0.2) is 36.4 Å². The van der Waals surface area contributed by atoms with Crippen molar-refractivity contribution in [2.75, 3.05) is 5.32 Å². The number of terminal acetylenes is 1. The number of nitrogens with one attached hydrogen (secondary N) is 2. The van der Waals surface area contributed by atoms with Crippen LogP contribution in [0.2, 0.25) is 5.02 Å². The summed E-state index contributed by atoms with van der Waals surface area (Å²) >= 11 is 6.32. The SMILES string of the molecule is C#CN(C(=O)C(C)NC(=O)OC(C)(C)C)C(C(=O)Nc1c(C)cccc1Cl)c1cc(C)ccc1C. The summed E-state index contributed by atoms with van der Waals surface area (Å²) in [6.07, 6.45) is 5.00. The van der Waals surface area contributed by atoms with E-state index in [0.29, 0.717) is 16.3 Å². The lowest BCUT2D eigenvalue weighted by atomic mass is 9.96. The first-order valence-corrected chi connectivity index (χ1v) is 11.5. The molecule has 2 unspecified atom stereocenters. The topological polar surface area (TPSA) is 87.7 Å². The maximum absolute atomic E-state index is 13.6. The molecule has 35 heavy (non-hydrogen) atoms. The van der Waals surface area contributed by atoms with Crippen molar-refractivity contribution in [3.63, 3.8) is 0 Å². The molecule has 0 radical (unpaired) electrons. The summed E-state index contributed by atoms with van der Waals surface area (Å²) < 4.78 is 5.24. The van der Waals surface area contributed by atoms with E-state index in [1.807, 2.05) is 45.0 Å². The molecule has 0 saturated carbocycles. The predicted octanol–water partition coefficient (Wildman–Crippen LogP) is 5.28. The van der Waals surface area contributed by atoms with Gasteiger partial charge in [-0.15, -0.1) is 0 Å². The molecule has 0 aliphatic carbocycles. The number of rotatable bonds is 6. The molecule has 0 saturated heterocycles. The number of amides is 3. The van der Waals surface area contributed by atoms with Gasteiger partial charge in [0, 0.05) is 6.04 Å². The summed E-state index contributed by atoms with van der Waals surface area (Å²) in [5.74, 6) is -1.18. The monoisotopic (exact) mass is 497 g/mol. The Balaban J connectivity index is 2.47. The fourth-order valence-electron chi connectivity index (χ4n) is 3.45. The number of carbonyl (C=O) groups excluding carboxylic acids is 3. The fourth-order valence-corrected chi connectivity index (χ4v) is 3.72. The number of para-hydroxylation sites is 1. The molecule has 186 valence electrons. The van der Waals surface area contributed by atoms with Crippen molar-refractivity contribution in [3.05, 3.63) is 63.7 Å². The van der Waals surface area contributed by atoms with Gasteiger partial charge in [0.15, 0.2) is 0 Å². The molecule has 2 aromatic rings. The van der Waals surface area contributed by atoms with Crippen LogP contribution in [0.1, 0.15) is 56.0 Å². The minimum absolute atomic E-state index is 0.358. The maximum atomic E-state index is 13.6. The van der Waals surface area contributed by atoms with Gasteiger partial charge in [-0.1, -0.05) is 53.9 Å². The van der Waals surface area contributed by atoms with Crippen LogP contribution in [-0.4, -0.2) is 34.5 Å². The van der Waals surface area contributed by atoms with E-state index in [0.717, 1.165) is 21.6 Å². The summed E-state index contributed by atoms with van der Waals surface area (Å²) in [4.78, 5) is 40.2. The molecule has 2 rings (SSSR count). The summed E-state index contributed by atoms with van der Waals surface area (Å²) in [7, 11) is 0. The average Bonchev–Trinajstić information content (AvgIpc) is 2.74. The van der Waals surface area contributed by atoms with Crippen LogP contribution in [0, 0.1) is 33.2 Å². The Morgan fingerprint density at radius 1 is 1.09 bits per heavy atom. The molecule has 7 nitrogen and oxygen atoms in total. The number of aryl methyl sites for hydroxylation is 3. The molecule has 0 fully saturated rings. The summed E-state index contributed by atoms with van der Waals surface area (Å²) in [5, 5.41) is 5.68. The minimum atomic E-state index is -1.18. The zero-order chi connectivity index (χ0) is 26.5. The first-order valence-electron chi connectivity index (χ1n) is 11.2. The smallest absolute Gasteiger partial charge is 0.408 e. The van der Waals surface area contributed by atoms with Crippen molar-refractivity contribution >= 4 is 35.2 Å². The number of carbonyl (C=O) groups is 3. The number of benzene rings is 2. The van der Waals surface area contributed by atoms with E-state index in [9.17, 15) is 14.4 Å². The van der Waals surface area contributed by atoms with Crippen LogP contribution < -0.4 is 10.6 Å². The largest absolute Gasteiger partial charge is 0.444 e. The van der Waals surface area contributed by atoms with Gasteiger partial charge >= 0.3 is 6.09 Å². The highest BCUT2D eigenvalue weighted by molar-refractivity contribution is 6.34. The first kappa shape index (κ1) is 27.7. The maximum Gasteiger partial charge on any atom is 0.408 e. The van der Waals surface area contributed by atoms with E-state index >= 15 is 0 Å². The molecule has 0 bridgehead atoms. The molecule has 8 heteroatoms. The van der Waals surface area contributed by atoms with Gasteiger partial charge in [-0.25, -0.2) is 4.79 Å². The van der Waals surface area contributed by atoms with Crippen LogP contribution in [0.3, 0.4) is 0 Å². The number of hydrogen-bond donors (Lipinski definition) is 2. The Kier molecular flexibility index (Phi) is 8.94. The van der Waals surface area contributed by atoms with Crippen LogP contribution in [-0.2, 0) is 14.3 Å². The molecular formula is C27H32ClN3O4. The lowest BCUT2D eigenvalue weighted by Crippen LogP contribution is -2.49. The van der Waals surface area contributed by atoms with Crippen LogP contribution in [0.4, 0.5) is 10.5 Å². The van der Waals surface area contributed by atoms with E-state index in [4.69, 9.17) is 22.8 Å². The second-order valence-electron chi connectivity index (χ2n) is 9.39. The molecule has 2 aromatic carbocycles. The third-order valence-corrected chi connectivity index (χ3v) is 5.50. The van der Waals surface area contributed by atoms with Crippen molar-refractivity contribution in [2.24, 2.45) is 0 Å². The number of anilines is 1. The Morgan fingerprint density at radius 2 is 1.74 bits per heavy atom. The van der Waals surface area contributed by atoms with Crippen molar-refractivity contribution in [1.29, 1.82) is 0 Å². The normalized spacial score (nSPS) is 12.7. The second kappa shape index (κ2) is 11.3. The number of alkyl carbamates (subject to hydrolysis) is 1. The molecule has 0 aliphatic rings. The summed E-state index contributed by atoms with van der Waals surface area (Å²) in [5.41, 5.74) is 2.66. The lowest BCUT2D eigenvalue weighted by Gasteiger charge is -2.30. The van der Waals surface area contributed by atoms with E-state index in [1.54, 1.807) is 32.9 Å². The highest BCUT2D eigenvalue weighted by Gasteiger charge is 2.35. The first-order chi connectivity index (χ1) is 16.2. The van der Waals surface area contributed by atoms with Gasteiger partial charge in [-0.3, -0.25) is 14.5 Å². The molecule has 0 aromatic heterocycles. The quantitative estimate of drug-likeness (QED) is 0.420. The number of halogens is 1. The van der Waals surface area contributed by atoms with Gasteiger partial charge < -0.3 is 15.4 Å². The third kappa shape index (κ3) is 7.24. The Bertz CT molecular complexity index is 1140. The minimum Gasteiger partial charge on any atom is -0.444 e. The highest BCUT2D eigenvalue weighted by Crippen LogP contribution is 2.30. The molecule has 3 amide bonds. The number of ether oxygens (including phenoxy) is 1. The molecule has 2 atom stereocenters. The standard InChI is InChI=1S/C27H32ClN3O4/c1-9-31(25(33)19(5)29-26(34)35-27(6,7)8)23(20-15-16(2)13-14-17(20)3)24(32)30-22-18(4)11-10-12-21(22)28/h1,10-15,19,23H,2-8H3,(H,29,34)(H,30,32). The van der Waals surface area contributed by atoms with Crippen LogP contribution >= 0.6 is 11.6 Å². The fraction of sp³-hybridized carbons (Fsp3) is 0.370. The highest BCUT2D eigenvalue weighted by atomic mass is 35.5. The van der Waals surface area contributed by atoms with Gasteiger partial charge in [-0.05, 0) is 71.2 Å². The molecule has 0 aliphatic heterocycles. The molecule has 0 heterocycles. The van der Waals surface area contributed by atoms with E-state index in [1.165, 1.54) is 6.92 Å². The Morgan fingerprint density at radius 3 is 2.31 bits per heavy atom. The van der Waals surface area contributed by atoms with Gasteiger partial charge in [0.25, 0.3) is 11.8 Å². The van der Waals surface area contributed by atoms with E-state index in [-0.39, 0.29) is 0 Å². The Labute approximate surface area is 212 Å². The zero-order valence-electron chi connectivity index (χ0n) is 21.2. The molecular weight excluding hydrogens is 466 g/mol. The lowest BCUT2D eigenvalue weighted by molar-refractivity contribution is -0.136. The van der Waals surface area contributed by atoms with Crippen molar-refractivity contribution < 1.29 is 19.1 Å². The number of hydrogen-bond acceptors (Lipinski definition) is 4. The summed E-state index contributed by atoms with van der Waals surface area (Å²) in [6.45, 7) is 12.1. The molecule has 2 N–H and O–H groups in total. The van der Waals surface area contributed by atoms with Gasteiger partial charge in [0.05, 0.1) is 10.7 Å². The van der Waals surface area contributed by atoms with E-state index < -0.39 is 35.6 Å². The molecule has 0 spiro atoms. The Hall–Kier alpha value is -3.50. The van der Waals surface area contributed by atoms with Crippen LogP contribution in [0.5, 0.6) is 0 Å². The predicted molar refractivity (Wildman–Crippen MR) is 138 cm³/mol. The second-order valence-corrected chi connectivity index (χ2v) is 9.80. The van der Waals surface area contributed by atoms with Crippen LogP contribution in [0.25, 0.3) is 0 Å². The van der Waals surface area contributed by atoms with Gasteiger partial charge in [0.1, 0.15) is 17.7 Å².